The molecule has 164 valence electrons. The second kappa shape index (κ2) is 8.67. The molecule has 0 N–H and O–H groups in total. The van der Waals surface area contributed by atoms with Gasteiger partial charge in [0.1, 0.15) is 11.5 Å². The fourth-order valence-electron chi connectivity index (χ4n) is 3.92. The van der Waals surface area contributed by atoms with Gasteiger partial charge in [-0.05, 0) is 42.0 Å². The summed E-state index contributed by atoms with van der Waals surface area (Å²) in [7, 11) is 3.19. The molecule has 0 saturated heterocycles. The molecule has 6 heteroatoms. The summed E-state index contributed by atoms with van der Waals surface area (Å²) in [5.74, 6) is 2.55. The second-order valence-corrected chi connectivity index (χ2v) is 7.60. The summed E-state index contributed by atoms with van der Waals surface area (Å²) in [5.41, 5.74) is 2.57. The highest BCUT2D eigenvalue weighted by Gasteiger charge is 2.13. The van der Waals surface area contributed by atoms with E-state index in [1.54, 1.807) is 31.2 Å². The van der Waals surface area contributed by atoms with Crippen LogP contribution in [0.2, 0.25) is 0 Å². The van der Waals surface area contributed by atoms with Gasteiger partial charge in [-0.2, -0.15) is 0 Å². The molecule has 0 spiro atoms. The van der Waals surface area contributed by atoms with Crippen molar-refractivity contribution in [1.82, 2.24) is 9.55 Å². The van der Waals surface area contributed by atoms with Crippen LogP contribution in [0.15, 0.2) is 85.2 Å². The van der Waals surface area contributed by atoms with E-state index in [9.17, 15) is 4.79 Å². The van der Waals surface area contributed by atoms with Crippen LogP contribution < -0.4 is 14.2 Å². The minimum atomic E-state index is 0.0195. The molecule has 2 heterocycles. The van der Waals surface area contributed by atoms with Crippen molar-refractivity contribution in [2.24, 2.45) is 0 Å². The van der Waals surface area contributed by atoms with E-state index in [1.807, 2.05) is 72.8 Å². The zero-order valence-corrected chi connectivity index (χ0v) is 18.3. The standard InChI is InChI=1S/C27H22N2O4/c1-31-25-16-21-22(17-26(25)32-2)28-12-10-24(21)33-20-8-9-23-19(15-20)11-13-29(23)27(30)14-18-6-4-3-5-7-18/h3-13,15-17H,14H2,1-2H3. The molecule has 3 aromatic carbocycles. The number of nitrogens with zero attached hydrogens (tertiary/aromatic N) is 2. The SMILES string of the molecule is COc1cc2nccc(Oc3ccc4c(ccn4C(=O)Cc4ccccc4)c3)c2cc1OC. The van der Waals surface area contributed by atoms with Crippen LogP contribution in [-0.2, 0) is 6.42 Å². The molecule has 0 atom stereocenters. The molecule has 2 aromatic heterocycles. The number of rotatable bonds is 6. The molecule has 5 aromatic rings. The van der Waals surface area contributed by atoms with Gasteiger partial charge < -0.3 is 14.2 Å². The number of hydrogen-bond acceptors (Lipinski definition) is 5. The van der Waals surface area contributed by atoms with E-state index in [4.69, 9.17) is 14.2 Å². The Hall–Kier alpha value is -4.32. The number of benzene rings is 3. The van der Waals surface area contributed by atoms with Crippen molar-refractivity contribution in [1.29, 1.82) is 0 Å². The molecular formula is C27H22N2O4. The molecule has 0 unspecified atom stereocenters. The molecule has 0 fully saturated rings. The van der Waals surface area contributed by atoms with Gasteiger partial charge in [-0.25, -0.2) is 0 Å². The summed E-state index contributed by atoms with van der Waals surface area (Å²) in [6.45, 7) is 0. The van der Waals surface area contributed by atoms with Crippen LogP contribution in [0.3, 0.4) is 0 Å². The summed E-state index contributed by atoms with van der Waals surface area (Å²) in [5, 5.41) is 1.73. The molecule has 6 nitrogen and oxygen atoms in total. The molecule has 0 aliphatic rings. The molecule has 0 saturated carbocycles. The maximum atomic E-state index is 12.8. The molecule has 0 aliphatic heterocycles. The lowest BCUT2D eigenvalue weighted by Gasteiger charge is -2.12. The minimum absolute atomic E-state index is 0.0195. The third-order valence-corrected chi connectivity index (χ3v) is 5.56. The van der Waals surface area contributed by atoms with Crippen molar-refractivity contribution >= 4 is 27.7 Å². The van der Waals surface area contributed by atoms with Gasteiger partial charge in [-0.3, -0.25) is 14.3 Å². The lowest BCUT2D eigenvalue weighted by Crippen LogP contribution is -2.12. The van der Waals surface area contributed by atoms with Crippen LogP contribution in [0, 0.1) is 0 Å². The van der Waals surface area contributed by atoms with E-state index >= 15 is 0 Å². The molecule has 0 radical (unpaired) electrons. The number of carbonyl (C=O) groups excluding carboxylic acids is 1. The zero-order chi connectivity index (χ0) is 22.8. The highest BCUT2D eigenvalue weighted by atomic mass is 16.5. The molecule has 0 aliphatic carbocycles. The normalized spacial score (nSPS) is 11.0. The lowest BCUT2D eigenvalue weighted by atomic mass is 10.1. The van der Waals surface area contributed by atoms with Crippen LogP contribution >= 0.6 is 0 Å². The van der Waals surface area contributed by atoms with Crippen molar-refractivity contribution in [3.05, 3.63) is 90.8 Å². The summed E-state index contributed by atoms with van der Waals surface area (Å²) >= 11 is 0. The van der Waals surface area contributed by atoms with Crippen molar-refractivity contribution in [3.8, 4) is 23.0 Å². The maximum absolute atomic E-state index is 12.8. The number of pyridine rings is 1. The Balaban J connectivity index is 1.45. The Morgan fingerprint density at radius 1 is 0.879 bits per heavy atom. The van der Waals surface area contributed by atoms with Crippen LogP contribution in [-0.4, -0.2) is 29.7 Å². The average molecular weight is 438 g/mol. The Labute approximate surface area is 191 Å². The van der Waals surface area contributed by atoms with E-state index < -0.39 is 0 Å². The van der Waals surface area contributed by atoms with Gasteiger partial charge >= 0.3 is 0 Å². The van der Waals surface area contributed by atoms with Gasteiger partial charge in [-0.15, -0.1) is 0 Å². The fraction of sp³-hybridized carbons (Fsp3) is 0.111. The maximum Gasteiger partial charge on any atom is 0.235 e. The van der Waals surface area contributed by atoms with E-state index in [0.29, 0.717) is 29.4 Å². The summed E-state index contributed by atoms with van der Waals surface area (Å²) in [4.78, 5) is 17.2. The first-order valence-corrected chi connectivity index (χ1v) is 10.5. The van der Waals surface area contributed by atoms with Gasteiger partial charge in [0.2, 0.25) is 5.91 Å². The quantitative estimate of drug-likeness (QED) is 0.331. The van der Waals surface area contributed by atoms with Crippen molar-refractivity contribution in [3.63, 3.8) is 0 Å². The predicted molar refractivity (Wildman–Crippen MR) is 128 cm³/mol. The van der Waals surface area contributed by atoms with Gasteiger partial charge in [0.05, 0.1) is 31.7 Å². The largest absolute Gasteiger partial charge is 0.493 e. The first-order valence-electron chi connectivity index (χ1n) is 10.5. The van der Waals surface area contributed by atoms with Gasteiger partial charge in [0.25, 0.3) is 0 Å². The van der Waals surface area contributed by atoms with Crippen LogP contribution in [0.4, 0.5) is 0 Å². The van der Waals surface area contributed by atoms with E-state index in [1.165, 1.54) is 0 Å². The first kappa shape index (κ1) is 20.6. The molecule has 0 bridgehead atoms. The summed E-state index contributed by atoms with van der Waals surface area (Å²) < 4.78 is 18.7. The van der Waals surface area contributed by atoms with Gasteiger partial charge in [0.15, 0.2) is 11.5 Å². The average Bonchev–Trinajstić information content (AvgIpc) is 3.27. The highest BCUT2D eigenvalue weighted by Crippen LogP contribution is 2.37. The highest BCUT2D eigenvalue weighted by molar-refractivity contribution is 5.94. The van der Waals surface area contributed by atoms with Crippen LogP contribution in [0.5, 0.6) is 23.0 Å². The second-order valence-electron chi connectivity index (χ2n) is 7.60. The van der Waals surface area contributed by atoms with Crippen molar-refractivity contribution < 1.29 is 19.0 Å². The minimum Gasteiger partial charge on any atom is -0.493 e. The number of ether oxygens (including phenoxy) is 3. The Bertz CT molecular complexity index is 1460. The van der Waals surface area contributed by atoms with E-state index in [0.717, 1.165) is 27.4 Å². The van der Waals surface area contributed by atoms with E-state index in [2.05, 4.69) is 4.98 Å². The van der Waals surface area contributed by atoms with Crippen molar-refractivity contribution in [2.45, 2.75) is 6.42 Å². The van der Waals surface area contributed by atoms with Gasteiger partial charge in [0, 0.05) is 29.2 Å². The first-order chi connectivity index (χ1) is 16.2. The zero-order valence-electron chi connectivity index (χ0n) is 18.3. The number of aromatic nitrogens is 2. The molecule has 0 amide bonds. The summed E-state index contributed by atoms with van der Waals surface area (Å²) in [6.07, 6.45) is 3.84. The monoisotopic (exact) mass is 438 g/mol. The molecular weight excluding hydrogens is 416 g/mol. The molecule has 33 heavy (non-hydrogen) atoms. The number of methoxy groups -OCH3 is 2. The molecule has 5 rings (SSSR count). The van der Waals surface area contributed by atoms with Crippen molar-refractivity contribution in [2.75, 3.05) is 14.2 Å². The number of carbonyl (C=O) groups is 1. The van der Waals surface area contributed by atoms with Gasteiger partial charge in [-0.1, -0.05) is 30.3 Å². The lowest BCUT2D eigenvalue weighted by molar-refractivity contribution is 0.0919. The summed E-state index contributed by atoms with van der Waals surface area (Å²) in [6, 6.07) is 22.8. The number of fused-ring (bicyclic) bond motifs is 2. The Kier molecular flexibility index (Phi) is 5.40. The Morgan fingerprint density at radius 2 is 1.67 bits per heavy atom. The predicted octanol–water partition coefficient (Wildman–Crippen LogP) is 5.88. The third-order valence-electron chi connectivity index (χ3n) is 5.56. The fourth-order valence-corrected chi connectivity index (χ4v) is 3.92. The topological polar surface area (TPSA) is 62.6 Å². The van der Waals surface area contributed by atoms with Crippen LogP contribution in [0.25, 0.3) is 21.8 Å². The smallest absolute Gasteiger partial charge is 0.235 e. The Morgan fingerprint density at radius 3 is 2.45 bits per heavy atom. The van der Waals surface area contributed by atoms with E-state index in [-0.39, 0.29) is 5.91 Å². The number of hydrogen-bond donors (Lipinski definition) is 0. The van der Waals surface area contributed by atoms with Crippen LogP contribution in [0.1, 0.15) is 10.4 Å². The third kappa shape index (κ3) is 3.99.